The first-order valence-electron chi connectivity index (χ1n) is 13.1. The van der Waals surface area contributed by atoms with E-state index in [0.717, 1.165) is 27.2 Å². The van der Waals surface area contributed by atoms with E-state index in [0.29, 0.717) is 72.3 Å². The number of pyridine rings is 1. The maximum absolute atomic E-state index is 13.5. The fourth-order valence-electron chi connectivity index (χ4n) is 5.49. The summed E-state index contributed by atoms with van der Waals surface area (Å²) in [6.07, 6.45) is 1.75. The van der Waals surface area contributed by atoms with Gasteiger partial charge in [-0.1, -0.05) is 11.6 Å². The van der Waals surface area contributed by atoms with Crippen LogP contribution in [0.2, 0.25) is 5.02 Å². The van der Waals surface area contributed by atoms with Crippen LogP contribution in [0, 0.1) is 13.8 Å². The summed E-state index contributed by atoms with van der Waals surface area (Å²) >= 11 is 7.82. The summed E-state index contributed by atoms with van der Waals surface area (Å²) in [5.74, 6) is 0.106. The molecule has 1 spiro atoms. The van der Waals surface area contributed by atoms with Gasteiger partial charge < -0.3 is 18.9 Å². The Balaban J connectivity index is 1.29. The number of ether oxygens (including phenoxy) is 4. The lowest BCUT2D eigenvalue weighted by atomic mass is 9.91. The van der Waals surface area contributed by atoms with Crippen LogP contribution in [0.25, 0.3) is 21.3 Å². The van der Waals surface area contributed by atoms with Gasteiger partial charge >= 0.3 is 5.97 Å². The molecule has 4 aromatic rings. The van der Waals surface area contributed by atoms with Crippen molar-refractivity contribution in [1.82, 2.24) is 14.5 Å². The van der Waals surface area contributed by atoms with Gasteiger partial charge in [-0.05, 0) is 44.5 Å². The third-order valence-electron chi connectivity index (χ3n) is 7.40. The van der Waals surface area contributed by atoms with E-state index in [1.54, 1.807) is 16.0 Å². The van der Waals surface area contributed by atoms with Gasteiger partial charge in [-0.2, -0.15) is 0 Å². The number of benzene rings is 1. The van der Waals surface area contributed by atoms with Crippen LogP contribution in [0.3, 0.4) is 0 Å². The van der Waals surface area contributed by atoms with E-state index < -0.39 is 11.8 Å². The van der Waals surface area contributed by atoms with Gasteiger partial charge in [-0.25, -0.2) is 9.78 Å². The number of rotatable bonds is 6. The first-order chi connectivity index (χ1) is 19.3. The van der Waals surface area contributed by atoms with Crippen LogP contribution < -0.4 is 10.3 Å². The van der Waals surface area contributed by atoms with Gasteiger partial charge in [-0.15, -0.1) is 11.3 Å². The highest BCUT2D eigenvalue weighted by Crippen LogP contribution is 2.40. The summed E-state index contributed by atoms with van der Waals surface area (Å²) in [5.41, 5.74) is 4.75. The highest BCUT2D eigenvalue weighted by molar-refractivity contribution is 7.18. The van der Waals surface area contributed by atoms with Crippen LogP contribution >= 0.6 is 22.9 Å². The summed E-state index contributed by atoms with van der Waals surface area (Å²) in [6, 6.07) is 7.36. The number of nitrogens with zero attached hydrogens (tertiary/aromatic N) is 3. The molecular weight excluding hydrogens is 554 g/mol. The predicted octanol–water partition coefficient (Wildman–Crippen LogP) is 4.89. The number of methoxy groups -OCH3 is 1. The Morgan fingerprint density at radius 2 is 1.98 bits per heavy atom. The molecule has 3 aromatic heterocycles. The Bertz CT molecular complexity index is 1690. The standard InChI is InChI=1S/C29H28ClN3O6S/c1-16-12-20(26-25(31-16)22(15-40-26)28(35)36-3)19-13-18(30)4-5-24(19)37-9-8-33-17(2)32-23-6-7-29(38-10-11-39-29)14-21(23)27(33)34/h4-5,12-13,15H,6-11,14H2,1-3H3. The highest BCUT2D eigenvalue weighted by Gasteiger charge is 2.41. The third kappa shape index (κ3) is 4.79. The van der Waals surface area contributed by atoms with Gasteiger partial charge in [0.1, 0.15) is 18.2 Å². The third-order valence-corrected chi connectivity index (χ3v) is 8.64. The molecule has 4 heterocycles. The van der Waals surface area contributed by atoms with Crippen molar-refractivity contribution in [2.24, 2.45) is 0 Å². The summed E-state index contributed by atoms with van der Waals surface area (Å²) in [7, 11) is 1.35. The average Bonchev–Trinajstić information content (AvgIpc) is 3.58. The Hall–Kier alpha value is -3.31. The molecule has 1 aliphatic carbocycles. The monoisotopic (exact) mass is 581 g/mol. The molecule has 40 heavy (non-hydrogen) atoms. The molecule has 0 N–H and O–H groups in total. The van der Waals surface area contributed by atoms with Crippen molar-refractivity contribution in [3.05, 3.63) is 73.4 Å². The molecule has 0 atom stereocenters. The molecule has 0 unspecified atom stereocenters. The van der Waals surface area contributed by atoms with E-state index >= 15 is 0 Å². The van der Waals surface area contributed by atoms with Crippen molar-refractivity contribution < 1.29 is 23.7 Å². The Labute approximate surface area is 239 Å². The van der Waals surface area contributed by atoms with E-state index in [1.165, 1.54) is 18.4 Å². The molecule has 6 rings (SSSR count). The number of carbonyl (C=O) groups excluding carboxylic acids is 1. The number of fused-ring (bicyclic) bond motifs is 2. The lowest BCUT2D eigenvalue weighted by Crippen LogP contribution is -2.42. The van der Waals surface area contributed by atoms with E-state index in [2.05, 4.69) is 4.98 Å². The smallest absolute Gasteiger partial charge is 0.340 e. The minimum atomic E-state index is -0.709. The molecule has 1 aromatic carbocycles. The second-order valence-corrected chi connectivity index (χ2v) is 11.3. The van der Waals surface area contributed by atoms with E-state index in [-0.39, 0.29) is 12.2 Å². The number of halogens is 1. The van der Waals surface area contributed by atoms with E-state index in [1.807, 2.05) is 32.0 Å². The lowest BCUT2D eigenvalue weighted by molar-refractivity contribution is -0.164. The molecule has 1 aliphatic heterocycles. The van der Waals surface area contributed by atoms with Crippen LogP contribution in [0.15, 0.2) is 34.4 Å². The van der Waals surface area contributed by atoms with Gasteiger partial charge in [0.25, 0.3) is 5.56 Å². The lowest BCUT2D eigenvalue weighted by Gasteiger charge is -2.32. The van der Waals surface area contributed by atoms with Gasteiger partial charge in [-0.3, -0.25) is 14.3 Å². The fourth-order valence-corrected chi connectivity index (χ4v) is 6.67. The van der Waals surface area contributed by atoms with Crippen LogP contribution in [0.1, 0.15) is 39.6 Å². The van der Waals surface area contributed by atoms with Gasteiger partial charge in [0.2, 0.25) is 0 Å². The average molecular weight is 582 g/mol. The van der Waals surface area contributed by atoms with Gasteiger partial charge in [0.05, 0.1) is 48.3 Å². The molecule has 0 bridgehead atoms. The zero-order valence-electron chi connectivity index (χ0n) is 22.4. The number of hydrogen-bond donors (Lipinski definition) is 0. The number of hydrogen-bond acceptors (Lipinski definition) is 9. The van der Waals surface area contributed by atoms with Crippen LogP contribution in [-0.4, -0.2) is 53.2 Å². The quantitative estimate of drug-likeness (QED) is 0.297. The maximum atomic E-state index is 13.5. The Morgan fingerprint density at radius 1 is 1.18 bits per heavy atom. The molecule has 11 heteroatoms. The number of carbonyl (C=O) groups is 1. The summed E-state index contributed by atoms with van der Waals surface area (Å²) in [4.78, 5) is 35.2. The van der Waals surface area contributed by atoms with E-state index in [9.17, 15) is 9.59 Å². The molecule has 208 valence electrons. The zero-order chi connectivity index (χ0) is 28.0. The SMILES string of the molecule is COC(=O)c1csc2c(-c3cc(Cl)ccc3OCCn3c(C)nc4c(c3=O)CC3(CC4)OCCO3)cc(C)nc12. The van der Waals surface area contributed by atoms with Crippen molar-refractivity contribution >= 4 is 39.1 Å². The summed E-state index contributed by atoms with van der Waals surface area (Å²) in [5, 5.41) is 2.30. The predicted molar refractivity (Wildman–Crippen MR) is 152 cm³/mol. The molecule has 0 saturated carbocycles. The number of thiophene rings is 1. The maximum Gasteiger partial charge on any atom is 0.340 e. The second kappa shape index (κ2) is 10.6. The van der Waals surface area contributed by atoms with Crippen molar-refractivity contribution in [1.29, 1.82) is 0 Å². The highest BCUT2D eigenvalue weighted by atomic mass is 35.5. The molecule has 0 radical (unpaired) electrons. The first-order valence-corrected chi connectivity index (χ1v) is 14.3. The largest absolute Gasteiger partial charge is 0.491 e. The van der Waals surface area contributed by atoms with Crippen LogP contribution in [-0.2, 0) is 33.6 Å². The first kappa shape index (κ1) is 26.9. The van der Waals surface area contributed by atoms with Crippen molar-refractivity contribution in [2.45, 2.75) is 45.4 Å². The van der Waals surface area contributed by atoms with Crippen molar-refractivity contribution in [2.75, 3.05) is 26.9 Å². The minimum Gasteiger partial charge on any atom is -0.491 e. The fraction of sp³-hybridized carbons (Fsp3) is 0.379. The number of esters is 1. The molecule has 9 nitrogen and oxygen atoms in total. The number of aryl methyl sites for hydroxylation is 3. The molecular formula is C29H28ClN3O6S. The molecule has 0 amide bonds. The van der Waals surface area contributed by atoms with Gasteiger partial charge in [0, 0.05) is 45.6 Å². The second-order valence-electron chi connectivity index (χ2n) is 9.94. The van der Waals surface area contributed by atoms with E-state index in [4.69, 9.17) is 35.5 Å². The zero-order valence-corrected chi connectivity index (χ0v) is 24.0. The Morgan fingerprint density at radius 3 is 2.75 bits per heavy atom. The topological polar surface area (TPSA) is 102 Å². The minimum absolute atomic E-state index is 0.0824. The van der Waals surface area contributed by atoms with Crippen molar-refractivity contribution in [3.63, 3.8) is 0 Å². The van der Waals surface area contributed by atoms with Crippen LogP contribution in [0.4, 0.5) is 0 Å². The molecule has 2 aliphatic rings. The summed E-state index contributed by atoms with van der Waals surface area (Å²) < 4.78 is 25.4. The number of aromatic nitrogens is 3. The van der Waals surface area contributed by atoms with Crippen molar-refractivity contribution in [3.8, 4) is 16.9 Å². The van der Waals surface area contributed by atoms with Crippen LogP contribution in [0.5, 0.6) is 5.75 Å². The Kier molecular flexibility index (Phi) is 7.12. The normalized spacial score (nSPS) is 15.9. The van der Waals surface area contributed by atoms with Gasteiger partial charge in [0.15, 0.2) is 5.79 Å². The molecule has 1 fully saturated rings. The summed E-state index contributed by atoms with van der Waals surface area (Å²) in [6.45, 7) is 5.35. The molecule has 1 saturated heterocycles.